The summed E-state index contributed by atoms with van der Waals surface area (Å²) in [5.41, 5.74) is -0.388. The van der Waals surface area contributed by atoms with Crippen molar-refractivity contribution in [2.45, 2.75) is 108 Å². The number of nitrogens with one attached hydrogen (secondary N) is 1. The van der Waals surface area contributed by atoms with Crippen LogP contribution in [0.1, 0.15) is 96.0 Å². The van der Waals surface area contributed by atoms with Crippen LogP contribution in [-0.4, -0.2) is 79.5 Å². The maximum absolute atomic E-state index is 14.6. The number of hydrogen-bond donors (Lipinski definition) is 1. The van der Waals surface area contributed by atoms with Gasteiger partial charge in [-0.1, -0.05) is 44.1 Å². The number of rotatable bonds is 4. The number of carbonyl (C=O) groups excluding carboxylic acids is 4. The van der Waals surface area contributed by atoms with Crippen molar-refractivity contribution in [3.8, 4) is 11.6 Å². The highest BCUT2D eigenvalue weighted by Crippen LogP contribution is 2.57. The lowest BCUT2D eigenvalue weighted by atomic mass is 9.90. The first-order chi connectivity index (χ1) is 26.0. The molecule has 1 aromatic heterocycles. The maximum Gasteiger partial charge on any atom is 0.306 e. The largest absolute Gasteiger partial charge is 0.496 e. The van der Waals surface area contributed by atoms with Crippen LogP contribution in [-0.2, 0) is 33.9 Å². The molecule has 1 N–H and O–H groups in total. The SMILES string of the molecule is COc1cc2ccnc3c2cc1/C=C/CC[C@H](C)COC(=O)C[C@H]1CCCCC/C=C\[C@@H]2C[C@@]2(C(=O)NS(=O)(=O)C2CC2)CC(=O)[C@@H]2C[C@H](CN2C1=O)O3. The van der Waals surface area contributed by atoms with Crippen molar-refractivity contribution >= 4 is 50.4 Å². The molecule has 6 atom stereocenters. The van der Waals surface area contributed by atoms with Crippen molar-refractivity contribution < 1.29 is 41.8 Å². The number of Topliss-reactive ketones (excluding diaryl/α,β-unsaturated/α-hetero) is 1. The summed E-state index contributed by atoms with van der Waals surface area (Å²) < 4.78 is 46.0. The molecular weight excluding hydrogens is 711 g/mol. The normalized spacial score (nSPS) is 31.1. The van der Waals surface area contributed by atoms with Crippen LogP contribution >= 0.6 is 0 Å². The number of sulfonamides is 1. The Balaban J connectivity index is 1.24. The van der Waals surface area contributed by atoms with Gasteiger partial charge in [0.1, 0.15) is 11.9 Å². The molecule has 5 bridgehead atoms. The number of pyridine rings is 1. The summed E-state index contributed by atoms with van der Waals surface area (Å²) in [5, 5.41) is 1.02. The number of ether oxygens (including phenoxy) is 3. The van der Waals surface area contributed by atoms with Gasteiger partial charge in [0.15, 0.2) is 5.78 Å². The zero-order chi connectivity index (χ0) is 38.0. The van der Waals surface area contributed by atoms with Gasteiger partial charge in [-0.05, 0) is 86.8 Å². The standard InChI is InChI=1S/C41H51N3O9S/c1-26-10-8-9-11-28-18-33-27(19-36(28)51-2)16-17-42-38(33)53-31-21-34-35(45)23-41(40(48)43-54(49,50)32-14-15-32)22-30(41)13-7-5-3-4-6-12-29(20-37(46)52-25-26)39(47)44(34)24-31/h7,9,11,13,16-19,26,29-32,34H,3-6,8,10,12,14-15,20-25H2,1-2H3,(H,43,48)/b11-9+,13-7-/t26-,29+,30+,31+,34-,41+/m0/s1. The predicted molar refractivity (Wildman–Crippen MR) is 202 cm³/mol. The van der Waals surface area contributed by atoms with Gasteiger partial charge in [-0.15, -0.1) is 0 Å². The molecule has 0 radical (unpaired) electrons. The number of cyclic esters (lactones) is 1. The Morgan fingerprint density at radius 2 is 1.89 bits per heavy atom. The molecule has 0 unspecified atom stereocenters. The van der Waals surface area contributed by atoms with Crippen molar-refractivity contribution in [1.82, 2.24) is 14.6 Å². The van der Waals surface area contributed by atoms with Gasteiger partial charge in [-0.3, -0.25) is 23.9 Å². The van der Waals surface area contributed by atoms with E-state index in [0.717, 1.165) is 48.4 Å². The summed E-state index contributed by atoms with van der Waals surface area (Å²) >= 11 is 0. The summed E-state index contributed by atoms with van der Waals surface area (Å²) in [7, 11) is -2.22. The summed E-state index contributed by atoms with van der Waals surface area (Å²) in [6, 6.07) is 4.82. The van der Waals surface area contributed by atoms with Crippen molar-refractivity contribution in [2.75, 3.05) is 20.3 Å². The molecule has 2 aromatic rings. The van der Waals surface area contributed by atoms with Crippen LogP contribution in [0.15, 0.2) is 42.6 Å². The van der Waals surface area contributed by atoms with Crippen LogP contribution in [0.25, 0.3) is 16.8 Å². The highest BCUT2D eigenvalue weighted by atomic mass is 32.2. The smallest absolute Gasteiger partial charge is 0.306 e. The predicted octanol–water partition coefficient (Wildman–Crippen LogP) is 5.68. The second-order valence-electron chi connectivity index (χ2n) is 15.9. The molecule has 4 heterocycles. The second-order valence-corrected chi connectivity index (χ2v) is 17.9. The van der Waals surface area contributed by atoms with Gasteiger partial charge in [-0.25, -0.2) is 13.4 Å². The fraction of sp³-hybridized carbons (Fsp3) is 0.585. The first kappa shape index (κ1) is 38.0. The monoisotopic (exact) mass is 761 g/mol. The number of ketones is 1. The Labute approximate surface area is 317 Å². The summed E-state index contributed by atoms with van der Waals surface area (Å²) in [5.74, 6) is -1.62. The molecule has 12 nitrogen and oxygen atoms in total. The number of nitrogens with zero attached hydrogens (tertiary/aromatic N) is 2. The number of benzene rings is 1. The Kier molecular flexibility index (Phi) is 11.2. The summed E-state index contributed by atoms with van der Waals surface area (Å²) in [6.45, 7) is 2.34. The molecule has 2 saturated carbocycles. The van der Waals surface area contributed by atoms with Crippen molar-refractivity contribution in [3.63, 3.8) is 0 Å². The molecule has 1 aromatic carbocycles. The third-order valence-corrected chi connectivity index (χ3v) is 13.6. The minimum Gasteiger partial charge on any atom is -0.496 e. The summed E-state index contributed by atoms with van der Waals surface area (Å²) in [4.78, 5) is 62.3. The lowest BCUT2D eigenvalue weighted by Gasteiger charge is -2.29. The second kappa shape index (κ2) is 15.8. The van der Waals surface area contributed by atoms with E-state index in [2.05, 4.69) is 15.8 Å². The number of methoxy groups -OCH3 is 1. The summed E-state index contributed by atoms with van der Waals surface area (Å²) in [6.07, 6.45) is 15.4. The highest BCUT2D eigenvalue weighted by molar-refractivity contribution is 7.90. The Morgan fingerprint density at radius 1 is 1.06 bits per heavy atom. The van der Waals surface area contributed by atoms with Gasteiger partial charge in [0.2, 0.25) is 27.7 Å². The first-order valence-electron chi connectivity index (χ1n) is 19.5. The minimum atomic E-state index is -3.84. The van der Waals surface area contributed by atoms with Crippen LogP contribution in [0.3, 0.4) is 0 Å². The van der Waals surface area contributed by atoms with E-state index in [1.165, 1.54) is 4.90 Å². The third kappa shape index (κ3) is 8.35. The topological polar surface area (TPSA) is 158 Å². The van der Waals surface area contributed by atoms with Gasteiger partial charge in [0.25, 0.3) is 0 Å². The molecule has 13 heteroatoms. The molecule has 3 aliphatic heterocycles. The van der Waals surface area contributed by atoms with Crippen LogP contribution in [0.5, 0.6) is 11.6 Å². The lowest BCUT2D eigenvalue weighted by molar-refractivity contribution is -0.151. The van der Waals surface area contributed by atoms with E-state index in [-0.39, 0.29) is 55.9 Å². The average molecular weight is 762 g/mol. The number of allylic oxidation sites excluding steroid dienone is 3. The van der Waals surface area contributed by atoms with Gasteiger partial charge in [0.05, 0.1) is 43.4 Å². The van der Waals surface area contributed by atoms with Crippen LogP contribution in [0.4, 0.5) is 0 Å². The molecule has 3 fully saturated rings. The third-order valence-electron chi connectivity index (χ3n) is 11.8. The van der Waals surface area contributed by atoms with Crippen molar-refractivity contribution in [3.05, 3.63) is 48.2 Å². The fourth-order valence-corrected chi connectivity index (χ4v) is 9.62. The van der Waals surface area contributed by atoms with E-state index in [1.807, 2.05) is 43.4 Å². The van der Waals surface area contributed by atoms with E-state index in [9.17, 15) is 27.6 Å². The molecule has 290 valence electrons. The van der Waals surface area contributed by atoms with Crippen molar-refractivity contribution in [2.24, 2.45) is 23.2 Å². The molecule has 0 spiro atoms. The van der Waals surface area contributed by atoms with E-state index >= 15 is 0 Å². The van der Waals surface area contributed by atoms with Gasteiger partial charge >= 0.3 is 5.97 Å². The highest BCUT2D eigenvalue weighted by Gasteiger charge is 2.61. The quantitative estimate of drug-likeness (QED) is 0.304. The fourth-order valence-electron chi connectivity index (χ4n) is 8.24. The minimum absolute atomic E-state index is 0.0807. The number of esters is 1. The van der Waals surface area contributed by atoms with Gasteiger partial charge in [-0.2, -0.15) is 0 Å². The van der Waals surface area contributed by atoms with Gasteiger partial charge in [0, 0.05) is 35.9 Å². The first-order valence-corrected chi connectivity index (χ1v) is 21.0. The lowest BCUT2D eigenvalue weighted by Crippen LogP contribution is -2.46. The number of aromatic nitrogens is 1. The van der Waals surface area contributed by atoms with Crippen LogP contribution in [0, 0.1) is 23.2 Å². The zero-order valence-corrected chi connectivity index (χ0v) is 32.0. The molecule has 5 aliphatic rings. The molecule has 54 heavy (non-hydrogen) atoms. The van der Waals surface area contributed by atoms with Gasteiger partial charge < -0.3 is 19.1 Å². The number of fused-ring (bicyclic) bond motifs is 4. The number of carbonyl (C=O) groups is 4. The Morgan fingerprint density at radius 3 is 2.69 bits per heavy atom. The van der Waals surface area contributed by atoms with E-state index < -0.39 is 50.6 Å². The van der Waals surface area contributed by atoms with Crippen LogP contribution < -0.4 is 14.2 Å². The Hall–Kier alpha value is -4.26. The Bertz CT molecular complexity index is 1960. The van der Waals surface area contributed by atoms with Crippen LogP contribution in [0.2, 0.25) is 0 Å². The van der Waals surface area contributed by atoms with E-state index in [4.69, 9.17) is 14.2 Å². The maximum atomic E-state index is 14.6. The number of amides is 2. The molecule has 7 rings (SSSR count). The number of hydrogen-bond acceptors (Lipinski definition) is 10. The van der Waals surface area contributed by atoms with E-state index in [1.54, 1.807) is 13.3 Å². The average Bonchev–Trinajstić information content (AvgIpc) is 4.07. The van der Waals surface area contributed by atoms with Crippen molar-refractivity contribution in [1.29, 1.82) is 0 Å². The molecule has 1 saturated heterocycles. The van der Waals surface area contributed by atoms with E-state index in [0.29, 0.717) is 43.7 Å². The molecule has 2 amide bonds. The zero-order valence-electron chi connectivity index (χ0n) is 31.2. The molecular formula is C41H51N3O9S. The molecule has 2 aliphatic carbocycles.